The maximum absolute atomic E-state index is 12.9. The van der Waals surface area contributed by atoms with Gasteiger partial charge in [0.05, 0.1) is 12.2 Å². The van der Waals surface area contributed by atoms with Crippen molar-refractivity contribution in [2.75, 3.05) is 6.61 Å². The molecule has 7 heteroatoms. The molecule has 3 N–H and O–H groups in total. The van der Waals surface area contributed by atoms with Crippen LogP contribution in [-0.2, 0) is 19.1 Å². The van der Waals surface area contributed by atoms with Crippen molar-refractivity contribution in [1.29, 1.82) is 0 Å². The maximum atomic E-state index is 12.9. The minimum Gasteiger partial charge on any atom is -0.458 e. The van der Waals surface area contributed by atoms with Gasteiger partial charge in [0.1, 0.15) is 5.60 Å². The number of ketones is 2. The molecule has 0 saturated heterocycles. The van der Waals surface area contributed by atoms with Gasteiger partial charge in [0.25, 0.3) is 0 Å². The molecule has 0 heterocycles. The Kier molecular flexibility index (Phi) is 5.03. The van der Waals surface area contributed by atoms with E-state index < -0.39 is 47.0 Å². The van der Waals surface area contributed by atoms with Gasteiger partial charge in [0.2, 0.25) is 5.78 Å². The third-order valence-corrected chi connectivity index (χ3v) is 8.93. The molecule has 4 rings (SSSR count). The first-order chi connectivity index (χ1) is 13.9. The number of carbonyl (C=O) groups excluding carboxylic acids is 3. The first-order valence-corrected chi connectivity index (χ1v) is 10.9. The largest absolute Gasteiger partial charge is 0.458 e. The van der Waals surface area contributed by atoms with Gasteiger partial charge in [-0.2, -0.15) is 0 Å². The molecule has 0 aromatic rings. The Labute approximate surface area is 176 Å². The molecule has 0 radical (unpaired) electrons. The Morgan fingerprint density at radius 3 is 2.60 bits per heavy atom. The summed E-state index contributed by atoms with van der Waals surface area (Å²) in [5, 5.41) is 33.7. The molecule has 0 aliphatic heterocycles. The minimum absolute atomic E-state index is 0.0152. The number of aliphatic hydroxyl groups is 3. The number of rotatable bonds is 3. The highest BCUT2D eigenvalue weighted by Crippen LogP contribution is 2.67. The summed E-state index contributed by atoms with van der Waals surface area (Å²) in [6, 6.07) is 0. The van der Waals surface area contributed by atoms with Crippen LogP contribution < -0.4 is 0 Å². The second-order valence-electron chi connectivity index (χ2n) is 10.3. The molecule has 0 amide bonds. The van der Waals surface area contributed by atoms with Crippen molar-refractivity contribution in [2.24, 2.45) is 28.6 Å². The molecule has 8 atom stereocenters. The quantitative estimate of drug-likeness (QED) is 0.589. The number of hydrogen-bond donors (Lipinski definition) is 3. The van der Waals surface area contributed by atoms with Gasteiger partial charge in [-0.05, 0) is 66.9 Å². The zero-order valence-corrected chi connectivity index (χ0v) is 17.9. The molecule has 166 valence electrons. The van der Waals surface area contributed by atoms with Crippen molar-refractivity contribution in [3.8, 4) is 0 Å². The third-order valence-electron chi connectivity index (χ3n) is 8.93. The van der Waals surface area contributed by atoms with Crippen LogP contribution in [0.5, 0.6) is 0 Å². The summed E-state index contributed by atoms with van der Waals surface area (Å²) >= 11 is 0. The first kappa shape index (κ1) is 21.7. The highest BCUT2D eigenvalue weighted by Gasteiger charge is 2.69. The maximum Gasteiger partial charge on any atom is 0.303 e. The van der Waals surface area contributed by atoms with Gasteiger partial charge >= 0.3 is 5.97 Å². The van der Waals surface area contributed by atoms with Crippen molar-refractivity contribution >= 4 is 17.5 Å². The lowest BCUT2D eigenvalue weighted by Crippen LogP contribution is -2.63. The van der Waals surface area contributed by atoms with Crippen LogP contribution in [0, 0.1) is 28.6 Å². The Morgan fingerprint density at radius 2 is 1.93 bits per heavy atom. The van der Waals surface area contributed by atoms with Crippen LogP contribution in [0.25, 0.3) is 0 Å². The third kappa shape index (κ3) is 2.85. The number of hydrogen-bond acceptors (Lipinski definition) is 7. The molecule has 0 aromatic carbocycles. The minimum atomic E-state index is -1.68. The lowest BCUT2D eigenvalue weighted by atomic mass is 9.45. The predicted molar refractivity (Wildman–Crippen MR) is 106 cm³/mol. The fourth-order valence-electron chi connectivity index (χ4n) is 7.49. The van der Waals surface area contributed by atoms with Gasteiger partial charge in [0.15, 0.2) is 12.4 Å². The average molecular weight is 421 g/mol. The highest BCUT2D eigenvalue weighted by molar-refractivity contribution is 5.92. The van der Waals surface area contributed by atoms with E-state index in [-0.39, 0.29) is 36.4 Å². The summed E-state index contributed by atoms with van der Waals surface area (Å²) in [6.45, 7) is 4.62. The van der Waals surface area contributed by atoms with Crippen molar-refractivity contribution in [3.05, 3.63) is 11.6 Å². The van der Waals surface area contributed by atoms with E-state index in [0.717, 1.165) is 5.57 Å². The van der Waals surface area contributed by atoms with E-state index in [1.54, 1.807) is 6.08 Å². The second kappa shape index (κ2) is 6.97. The average Bonchev–Trinajstić information content (AvgIpc) is 2.93. The van der Waals surface area contributed by atoms with Crippen LogP contribution in [0.3, 0.4) is 0 Å². The number of ether oxygens (including phenoxy) is 1. The van der Waals surface area contributed by atoms with Crippen LogP contribution in [0.4, 0.5) is 0 Å². The number of aliphatic hydroxyl groups excluding tert-OH is 2. The van der Waals surface area contributed by atoms with E-state index >= 15 is 0 Å². The number of carbonyl (C=O) groups is 3. The lowest BCUT2D eigenvalue weighted by molar-refractivity contribution is -0.188. The van der Waals surface area contributed by atoms with Gasteiger partial charge in [-0.25, -0.2) is 0 Å². The van der Waals surface area contributed by atoms with Gasteiger partial charge in [-0.15, -0.1) is 0 Å². The van der Waals surface area contributed by atoms with Crippen molar-refractivity contribution in [1.82, 2.24) is 0 Å². The molecule has 4 aliphatic rings. The van der Waals surface area contributed by atoms with E-state index in [0.29, 0.717) is 25.7 Å². The Morgan fingerprint density at radius 1 is 1.23 bits per heavy atom. The number of fused-ring (bicyclic) bond motifs is 5. The van der Waals surface area contributed by atoms with Crippen LogP contribution >= 0.6 is 0 Å². The van der Waals surface area contributed by atoms with Gasteiger partial charge in [-0.1, -0.05) is 13.8 Å². The molecule has 0 bridgehead atoms. The van der Waals surface area contributed by atoms with Crippen LogP contribution in [0.2, 0.25) is 0 Å². The van der Waals surface area contributed by atoms with Crippen LogP contribution in [0.1, 0.15) is 59.3 Å². The first-order valence-electron chi connectivity index (χ1n) is 10.9. The Bertz CT molecular complexity index is 818. The standard InChI is InChI=1S/C23H32O7/c1-12(24)30-11-19(28)23(29)7-5-15-14-9-17(26)16-8-13(25)4-6-21(16,2)20(14)18(27)10-22(15,23)3/h8,14-15,17-18,20,26-27,29H,4-7,9-11H2,1-3H3/t14-,15-,17+,18-,20+,21+,22-,23-/m1/s1. The second-order valence-corrected chi connectivity index (χ2v) is 10.3. The molecule has 4 aliphatic carbocycles. The Hall–Kier alpha value is -1.57. The van der Waals surface area contributed by atoms with E-state index in [9.17, 15) is 29.7 Å². The lowest BCUT2D eigenvalue weighted by Gasteiger charge is -2.61. The summed E-state index contributed by atoms with van der Waals surface area (Å²) in [4.78, 5) is 36.0. The van der Waals surface area contributed by atoms with Gasteiger partial charge in [-0.3, -0.25) is 14.4 Å². The molecule has 0 aromatic heterocycles. The predicted octanol–water partition coefficient (Wildman–Crippen LogP) is 1.32. The number of esters is 1. The summed E-state index contributed by atoms with van der Waals surface area (Å²) in [7, 11) is 0. The van der Waals surface area contributed by atoms with Crippen molar-refractivity contribution < 1.29 is 34.4 Å². The zero-order valence-electron chi connectivity index (χ0n) is 17.9. The van der Waals surface area contributed by atoms with Crippen molar-refractivity contribution in [2.45, 2.75) is 77.1 Å². The summed E-state index contributed by atoms with van der Waals surface area (Å²) < 4.78 is 4.86. The van der Waals surface area contributed by atoms with E-state index in [1.165, 1.54) is 6.92 Å². The normalized spacial score (nSPS) is 47.6. The van der Waals surface area contributed by atoms with Crippen molar-refractivity contribution in [3.63, 3.8) is 0 Å². The molecule has 7 nitrogen and oxygen atoms in total. The molecular formula is C23H32O7. The van der Waals surface area contributed by atoms with Crippen LogP contribution in [-0.4, -0.2) is 57.3 Å². The summed E-state index contributed by atoms with van der Waals surface area (Å²) in [5.41, 5.74) is -2.29. The summed E-state index contributed by atoms with van der Waals surface area (Å²) in [5.74, 6) is -1.35. The smallest absolute Gasteiger partial charge is 0.303 e. The van der Waals surface area contributed by atoms with E-state index in [1.807, 2.05) is 13.8 Å². The van der Waals surface area contributed by atoms with Gasteiger partial charge in [0, 0.05) is 18.8 Å². The van der Waals surface area contributed by atoms with E-state index in [2.05, 4.69) is 0 Å². The molecule has 0 spiro atoms. The van der Waals surface area contributed by atoms with Gasteiger partial charge < -0.3 is 20.1 Å². The molecule has 3 saturated carbocycles. The molecule has 0 unspecified atom stereocenters. The molecule has 30 heavy (non-hydrogen) atoms. The number of Topliss-reactive ketones (excluding diaryl/α,β-unsaturated/α-hetero) is 1. The zero-order chi connectivity index (χ0) is 22.1. The van der Waals surface area contributed by atoms with E-state index in [4.69, 9.17) is 4.74 Å². The molecular weight excluding hydrogens is 388 g/mol. The molecule has 3 fully saturated rings. The Balaban J connectivity index is 1.69. The monoisotopic (exact) mass is 420 g/mol. The summed E-state index contributed by atoms with van der Waals surface area (Å²) in [6.07, 6.45) is 2.54. The van der Waals surface area contributed by atoms with Crippen LogP contribution in [0.15, 0.2) is 11.6 Å². The SMILES string of the molecule is CC(=O)OCC(=O)[C@]1(O)CC[C@@H]2[C@H]3C[C@H](O)C4=CC(=O)CC[C@]4(C)[C@@H]3[C@H](O)C[C@]21C. The fraction of sp³-hybridized carbons (Fsp3) is 0.783. The highest BCUT2D eigenvalue weighted by atomic mass is 16.5. The fourth-order valence-corrected chi connectivity index (χ4v) is 7.49. The topological polar surface area (TPSA) is 121 Å².